The third-order valence-electron chi connectivity index (χ3n) is 7.58. The smallest absolute Gasteiger partial charge is 0.411 e. The zero-order valence-electron chi connectivity index (χ0n) is 23.2. The van der Waals surface area contributed by atoms with Crippen molar-refractivity contribution in [1.82, 2.24) is 5.32 Å². The SMILES string of the molecule is O=C(/C=C/c1ccco1)Oc1ccc(N2C(=O)c3ccc(C(c4ccc5c(c4)C(=O)NC5=O)(C(F)(F)F)C(F)(F)F)cc3C2=O)cc1. The van der Waals surface area contributed by atoms with Crippen LogP contribution < -0.4 is 15.0 Å². The third-order valence-corrected chi connectivity index (χ3v) is 7.58. The van der Waals surface area contributed by atoms with Gasteiger partial charge in [-0.2, -0.15) is 26.3 Å². The maximum absolute atomic E-state index is 14.8. The number of rotatable bonds is 6. The van der Waals surface area contributed by atoms with Crippen molar-refractivity contribution in [3.63, 3.8) is 0 Å². The van der Waals surface area contributed by atoms with Gasteiger partial charge in [0.25, 0.3) is 23.6 Å². The number of amides is 4. The van der Waals surface area contributed by atoms with Gasteiger partial charge in [0, 0.05) is 6.08 Å². The highest BCUT2D eigenvalue weighted by Gasteiger charge is 2.73. The van der Waals surface area contributed by atoms with Crippen LogP contribution in [0.2, 0.25) is 0 Å². The number of furan rings is 1. The van der Waals surface area contributed by atoms with Gasteiger partial charge in [0.15, 0.2) is 0 Å². The first-order valence-corrected chi connectivity index (χ1v) is 13.3. The molecule has 0 spiro atoms. The van der Waals surface area contributed by atoms with E-state index < -0.39 is 80.7 Å². The number of alkyl halides is 6. The Bertz CT molecular complexity index is 2000. The molecule has 0 fully saturated rings. The minimum atomic E-state index is -6.08. The number of carbonyl (C=O) groups is 5. The zero-order chi connectivity index (χ0) is 33.9. The van der Waals surface area contributed by atoms with Crippen LogP contribution in [0, 0.1) is 0 Å². The lowest BCUT2D eigenvalue weighted by Crippen LogP contribution is -2.55. The summed E-state index contributed by atoms with van der Waals surface area (Å²) in [6.45, 7) is 0. The Hall–Kier alpha value is -5.99. The van der Waals surface area contributed by atoms with Gasteiger partial charge in [-0.05, 0) is 77.9 Å². The minimum absolute atomic E-state index is 0.00777. The van der Waals surface area contributed by atoms with Crippen molar-refractivity contribution in [3.8, 4) is 5.75 Å². The average molecular weight is 654 g/mol. The molecule has 6 rings (SSSR count). The number of esters is 1. The molecule has 2 aliphatic rings. The first-order valence-electron chi connectivity index (χ1n) is 13.3. The van der Waals surface area contributed by atoms with Gasteiger partial charge in [-0.3, -0.25) is 24.5 Å². The zero-order valence-corrected chi connectivity index (χ0v) is 23.2. The van der Waals surface area contributed by atoms with Gasteiger partial charge >= 0.3 is 18.3 Å². The molecule has 1 N–H and O–H groups in total. The lowest BCUT2D eigenvalue weighted by molar-refractivity contribution is -0.288. The average Bonchev–Trinajstić information content (AvgIpc) is 3.69. The fourth-order valence-electron chi connectivity index (χ4n) is 5.44. The second-order valence-electron chi connectivity index (χ2n) is 10.3. The quantitative estimate of drug-likeness (QED) is 0.0891. The summed E-state index contributed by atoms with van der Waals surface area (Å²) in [4.78, 5) is 63.2. The number of anilines is 1. The Morgan fingerprint density at radius 3 is 1.89 bits per heavy atom. The molecule has 0 unspecified atom stereocenters. The number of nitrogens with zero attached hydrogens (tertiary/aromatic N) is 1. The van der Waals surface area contributed by atoms with Crippen LogP contribution in [0.5, 0.6) is 5.75 Å². The molecule has 0 radical (unpaired) electrons. The van der Waals surface area contributed by atoms with Crippen molar-refractivity contribution >= 4 is 41.4 Å². The van der Waals surface area contributed by atoms with E-state index >= 15 is 0 Å². The van der Waals surface area contributed by atoms with Crippen molar-refractivity contribution in [2.45, 2.75) is 17.8 Å². The molecule has 9 nitrogen and oxygen atoms in total. The molecular formula is C32H16F6N2O7. The van der Waals surface area contributed by atoms with Crippen LogP contribution >= 0.6 is 0 Å². The Morgan fingerprint density at radius 1 is 0.723 bits per heavy atom. The fourth-order valence-corrected chi connectivity index (χ4v) is 5.44. The Balaban J connectivity index is 1.35. The largest absolute Gasteiger partial charge is 0.465 e. The van der Waals surface area contributed by atoms with Gasteiger partial charge in [-0.15, -0.1) is 0 Å². The highest BCUT2D eigenvalue weighted by Crippen LogP contribution is 2.57. The Labute approximate surface area is 259 Å². The summed E-state index contributed by atoms with van der Waals surface area (Å²) >= 11 is 0. The van der Waals surface area contributed by atoms with E-state index in [1.54, 1.807) is 12.1 Å². The van der Waals surface area contributed by atoms with Gasteiger partial charge in [0.1, 0.15) is 11.5 Å². The van der Waals surface area contributed by atoms with Crippen LogP contribution in [-0.2, 0) is 10.2 Å². The second kappa shape index (κ2) is 10.8. The molecule has 3 aromatic carbocycles. The van der Waals surface area contributed by atoms with Crippen LogP contribution in [0.15, 0.2) is 89.6 Å². The molecule has 0 atom stereocenters. The summed E-state index contributed by atoms with van der Waals surface area (Å²) in [5.41, 5.74) is -10.1. The van der Waals surface area contributed by atoms with E-state index in [-0.39, 0.29) is 11.4 Å². The molecule has 238 valence electrons. The van der Waals surface area contributed by atoms with Gasteiger partial charge in [0.05, 0.1) is 34.2 Å². The number of ether oxygens (including phenoxy) is 1. The number of nitrogens with one attached hydrogen (secondary N) is 1. The first-order chi connectivity index (χ1) is 22.1. The van der Waals surface area contributed by atoms with Crippen molar-refractivity contribution in [2.75, 3.05) is 4.90 Å². The van der Waals surface area contributed by atoms with Crippen LogP contribution in [0.4, 0.5) is 32.0 Å². The molecule has 1 aromatic heterocycles. The molecule has 0 bridgehead atoms. The third kappa shape index (κ3) is 4.95. The molecule has 47 heavy (non-hydrogen) atoms. The molecule has 0 saturated carbocycles. The minimum Gasteiger partial charge on any atom is -0.465 e. The topological polar surface area (TPSA) is 123 Å². The number of fused-ring (bicyclic) bond motifs is 2. The summed E-state index contributed by atoms with van der Waals surface area (Å²) in [6.07, 6.45) is -8.35. The number of hydrogen-bond donors (Lipinski definition) is 1. The molecule has 0 saturated heterocycles. The Kier molecular flexibility index (Phi) is 7.14. The van der Waals surface area contributed by atoms with Crippen LogP contribution in [-0.4, -0.2) is 42.0 Å². The van der Waals surface area contributed by atoms with Crippen molar-refractivity contribution in [2.24, 2.45) is 0 Å². The summed E-state index contributed by atoms with van der Waals surface area (Å²) in [5, 5.41) is 1.81. The highest BCUT2D eigenvalue weighted by atomic mass is 19.4. The predicted octanol–water partition coefficient (Wildman–Crippen LogP) is 5.99. The summed E-state index contributed by atoms with van der Waals surface area (Å²) in [6, 6.07) is 10.9. The normalized spacial score (nSPS) is 14.9. The molecule has 15 heteroatoms. The molecule has 2 aliphatic heterocycles. The summed E-state index contributed by atoms with van der Waals surface area (Å²) in [7, 11) is 0. The summed E-state index contributed by atoms with van der Waals surface area (Å²) < 4.78 is 98.9. The maximum atomic E-state index is 14.8. The van der Waals surface area contributed by atoms with E-state index in [2.05, 4.69) is 0 Å². The van der Waals surface area contributed by atoms with Crippen LogP contribution in [0.25, 0.3) is 6.08 Å². The van der Waals surface area contributed by atoms with E-state index in [0.29, 0.717) is 47.1 Å². The highest BCUT2D eigenvalue weighted by molar-refractivity contribution is 6.34. The van der Waals surface area contributed by atoms with E-state index in [4.69, 9.17) is 9.15 Å². The van der Waals surface area contributed by atoms with E-state index in [1.165, 1.54) is 36.6 Å². The molecular weight excluding hydrogens is 638 g/mol. The van der Waals surface area contributed by atoms with Crippen LogP contribution in [0.3, 0.4) is 0 Å². The van der Waals surface area contributed by atoms with E-state index in [1.807, 2.05) is 5.32 Å². The Morgan fingerprint density at radius 2 is 1.30 bits per heavy atom. The van der Waals surface area contributed by atoms with Crippen molar-refractivity contribution in [3.05, 3.63) is 124 Å². The number of halogens is 6. The number of carbonyl (C=O) groups excluding carboxylic acids is 5. The second-order valence-corrected chi connectivity index (χ2v) is 10.3. The number of imide groups is 2. The lowest BCUT2D eigenvalue weighted by atomic mass is 9.71. The van der Waals surface area contributed by atoms with E-state index in [9.17, 15) is 50.3 Å². The maximum Gasteiger partial charge on any atom is 0.411 e. The molecule has 4 aromatic rings. The van der Waals surface area contributed by atoms with Gasteiger partial charge in [0.2, 0.25) is 5.41 Å². The predicted molar refractivity (Wildman–Crippen MR) is 149 cm³/mol. The first kappa shape index (κ1) is 31.0. The van der Waals surface area contributed by atoms with Crippen molar-refractivity contribution < 1.29 is 59.5 Å². The molecule has 3 heterocycles. The monoisotopic (exact) mass is 654 g/mol. The van der Waals surface area contributed by atoms with E-state index in [0.717, 1.165) is 6.08 Å². The molecule has 0 aliphatic carbocycles. The van der Waals surface area contributed by atoms with Crippen molar-refractivity contribution in [1.29, 1.82) is 0 Å². The standard InChI is InChI=1S/C32H16F6N2O7/c33-31(34,35)30(32(36,37)38,16-3-10-21-23(14-16)27(43)39-26(21)42)17-4-11-22-24(15-17)29(45)40(28(22)44)18-5-7-20(8-6-18)47-25(41)12-9-19-2-1-13-46-19/h1-15H,(H,39,42,43)/b12-9+. The van der Waals surface area contributed by atoms with Crippen LogP contribution in [0.1, 0.15) is 58.3 Å². The molecule has 4 amide bonds. The van der Waals surface area contributed by atoms with Gasteiger partial charge < -0.3 is 9.15 Å². The van der Waals surface area contributed by atoms with Gasteiger partial charge in [-0.1, -0.05) is 12.1 Å². The number of benzene rings is 3. The summed E-state index contributed by atoms with van der Waals surface area (Å²) in [5.74, 6) is -4.83. The number of hydrogen-bond acceptors (Lipinski definition) is 7. The van der Waals surface area contributed by atoms with Gasteiger partial charge in [-0.25, -0.2) is 9.69 Å². The lowest BCUT2D eigenvalue weighted by Gasteiger charge is -2.38. The fraction of sp³-hybridized carbons (Fsp3) is 0.0938.